The van der Waals surface area contributed by atoms with Crippen molar-refractivity contribution in [1.29, 1.82) is 0 Å². The van der Waals surface area contributed by atoms with E-state index in [0.29, 0.717) is 19.6 Å². The molecule has 0 radical (unpaired) electrons. The molecule has 0 aliphatic carbocycles. The summed E-state index contributed by atoms with van der Waals surface area (Å²) >= 11 is 0. The highest BCUT2D eigenvalue weighted by Gasteiger charge is 2.41. The van der Waals surface area contributed by atoms with E-state index in [-0.39, 0.29) is 36.8 Å². The molecule has 3 heterocycles. The van der Waals surface area contributed by atoms with E-state index < -0.39 is 0 Å². The lowest BCUT2D eigenvalue weighted by molar-refractivity contribution is -0.140. The molecule has 1 aromatic rings. The second-order valence-corrected chi connectivity index (χ2v) is 6.15. The Balaban J connectivity index is 1.76. The van der Waals surface area contributed by atoms with Crippen molar-refractivity contribution in [2.24, 2.45) is 5.92 Å². The Bertz CT molecular complexity index is 546. The van der Waals surface area contributed by atoms with Gasteiger partial charge >= 0.3 is 0 Å². The van der Waals surface area contributed by atoms with Gasteiger partial charge in [0, 0.05) is 32.1 Å². The molecule has 0 unspecified atom stereocenters. The Morgan fingerprint density at radius 1 is 1.18 bits per heavy atom. The molecule has 0 saturated carbocycles. The topological polar surface area (TPSA) is 60.9 Å². The second-order valence-electron chi connectivity index (χ2n) is 6.15. The van der Waals surface area contributed by atoms with Gasteiger partial charge in [0.05, 0.1) is 12.5 Å². The summed E-state index contributed by atoms with van der Waals surface area (Å²) in [6.45, 7) is 1.57. The fourth-order valence-corrected chi connectivity index (χ4v) is 3.49. The molecule has 5 heteroatoms. The number of hydrogen-bond donors (Lipinski definition) is 1. The normalized spacial score (nSPS) is 24.5. The first-order valence-corrected chi connectivity index (χ1v) is 7.92. The molecule has 2 atom stereocenters. The molecule has 0 aromatic heterocycles. The smallest absolute Gasteiger partial charge is 0.228 e. The summed E-state index contributed by atoms with van der Waals surface area (Å²) in [4.78, 5) is 28.5. The molecule has 3 fully saturated rings. The lowest BCUT2D eigenvalue weighted by Gasteiger charge is -2.36. The van der Waals surface area contributed by atoms with Crippen LogP contribution in [-0.4, -0.2) is 52.5 Å². The van der Waals surface area contributed by atoms with E-state index in [1.807, 2.05) is 35.2 Å². The lowest BCUT2D eigenvalue weighted by Crippen LogP contribution is -2.47. The van der Waals surface area contributed by atoms with Crippen molar-refractivity contribution in [3.8, 4) is 0 Å². The van der Waals surface area contributed by atoms with Crippen LogP contribution in [0.3, 0.4) is 0 Å². The number of benzene rings is 1. The van der Waals surface area contributed by atoms with Crippen LogP contribution in [-0.2, 0) is 16.1 Å². The van der Waals surface area contributed by atoms with Crippen LogP contribution in [0.4, 0.5) is 0 Å². The van der Waals surface area contributed by atoms with Gasteiger partial charge in [-0.15, -0.1) is 0 Å². The number of carbonyl (C=O) groups is 2. The zero-order chi connectivity index (χ0) is 15.5. The molecule has 4 rings (SSSR count). The van der Waals surface area contributed by atoms with Crippen LogP contribution >= 0.6 is 0 Å². The van der Waals surface area contributed by atoms with E-state index >= 15 is 0 Å². The number of fused-ring (bicyclic) bond motifs is 4. The number of amides is 2. The molecule has 2 amide bonds. The number of carbonyl (C=O) groups excluding carboxylic acids is 2. The summed E-state index contributed by atoms with van der Waals surface area (Å²) in [6.07, 6.45) is 1.95. The number of nitrogens with zero attached hydrogens (tertiary/aromatic N) is 2. The second kappa shape index (κ2) is 6.48. The van der Waals surface area contributed by atoms with E-state index in [2.05, 4.69) is 0 Å². The molecule has 3 aliphatic rings. The first-order chi connectivity index (χ1) is 10.7. The molecule has 118 valence electrons. The van der Waals surface area contributed by atoms with Crippen LogP contribution in [0.15, 0.2) is 30.3 Å². The molecule has 1 aromatic carbocycles. The third-order valence-electron chi connectivity index (χ3n) is 4.67. The minimum absolute atomic E-state index is 0.0474. The van der Waals surface area contributed by atoms with Gasteiger partial charge in [-0.1, -0.05) is 30.3 Å². The summed E-state index contributed by atoms with van der Waals surface area (Å²) in [6, 6.07) is 10.1. The maximum Gasteiger partial charge on any atom is 0.228 e. The highest BCUT2D eigenvalue weighted by atomic mass is 16.3. The summed E-state index contributed by atoms with van der Waals surface area (Å²) in [5, 5.41) is 8.96. The van der Waals surface area contributed by atoms with Crippen LogP contribution < -0.4 is 0 Å². The molecule has 3 aliphatic heterocycles. The highest BCUT2D eigenvalue weighted by molar-refractivity contribution is 5.83. The van der Waals surface area contributed by atoms with Gasteiger partial charge in [0.1, 0.15) is 0 Å². The van der Waals surface area contributed by atoms with Gasteiger partial charge in [-0.05, 0) is 18.4 Å². The quantitative estimate of drug-likeness (QED) is 0.903. The predicted octanol–water partition coefficient (Wildman–Crippen LogP) is 1.02. The van der Waals surface area contributed by atoms with Crippen LogP contribution in [0.1, 0.15) is 24.8 Å². The number of aliphatic hydroxyl groups is 1. The van der Waals surface area contributed by atoms with Crippen molar-refractivity contribution >= 4 is 11.8 Å². The molecule has 1 N–H and O–H groups in total. The van der Waals surface area contributed by atoms with Gasteiger partial charge in [-0.25, -0.2) is 0 Å². The van der Waals surface area contributed by atoms with Gasteiger partial charge in [0.2, 0.25) is 11.8 Å². The maximum absolute atomic E-state index is 12.7. The van der Waals surface area contributed by atoms with Gasteiger partial charge in [0.15, 0.2) is 0 Å². The van der Waals surface area contributed by atoms with Crippen LogP contribution in [0, 0.1) is 5.92 Å². The standard InChI is InChI=1S/C17H22N2O3/c20-9-8-16(21)18-11-14-6-7-15(12-18)19(17(14)22)10-13-4-2-1-3-5-13/h1-5,14-15,20H,6-12H2/t14-,15+/m0/s1. The molecule has 2 bridgehead atoms. The van der Waals surface area contributed by atoms with Gasteiger partial charge in [-0.3, -0.25) is 9.59 Å². The first-order valence-electron chi connectivity index (χ1n) is 7.92. The van der Waals surface area contributed by atoms with Gasteiger partial charge in [0.25, 0.3) is 0 Å². The number of hydrogen-bond acceptors (Lipinski definition) is 3. The van der Waals surface area contributed by atoms with Crippen molar-refractivity contribution in [2.75, 3.05) is 19.7 Å². The Labute approximate surface area is 130 Å². The maximum atomic E-state index is 12.7. The van der Waals surface area contributed by atoms with E-state index in [4.69, 9.17) is 5.11 Å². The van der Waals surface area contributed by atoms with E-state index in [1.54, 1.807) is 4.90 Å². The monoisotopic (exact) mass is 302 g/mol. The minimum atomic E-state index is -0.133. The third-order valence-corrected chi connectivity index (χ3v) is 4.67. The largest absolute Gasteiger partial charge is 0.396 e. The third kappa shape index (κ3) is 2.99. The summed E-state index contributed by atoms with van der Waals surface area (Å²) < 4.78 is 0. The Kier molecular flexibility index (Phi) is 4.43. The lowest BCUT2D eigenvalue weighted by atomic mass is 9.93. The SMILES string of the molecule is O=C(CCO)N1C[C@@H]2CC[C@H](C1)N(Cc1ccccc1)C2=O. The van der Waals surface area contributed by atoms with Crippen LogP contribution in [0.2, 0.25) is 0 Å². The van der Waals surface area contributed by atoms with Crippen molar-refractivity contribution in [3.63, 3.8) is 0 Å². The predicted molar refractivity (Wildman–Crippen MR) is 81.8 cm³/mol. The Hall–Kier alpha value is -1.88. The van der Waals surface area contributed by atoms with Gasteiger partial charge < -0.3 is 14.9 Å². The summed E-state index contributed by atoms with van der Waals surface area (Å²) in [5.41, 5.74) is 1.12. The number of piperidine rings is 1. The molecule has 22 heavy (non-hydrogen) atoms. The van der Waals surface area contributed by atoms with E-state index in [9.17, 15) is 9.59 Å². The average Bonchev–Trinajstić information content (AvgIpc) is 2.82. The average molecular weight is 302 g/mol. The zero-order valence-corrected chi connectivity index (χ0v) is 12.6. The Morgan fingerprint density at radius 2 is 1.95 bits per heavy atom. The molecule has 5 nitrogen and oxygen atoms in total. The zero-order valence-electron chi connectivity index (χ0n) is 12.6. The van der Waals surface area contributed by atoms with Crippen molar-refractivity contribution < 1.29 is 14.7 Å². The molecule has 0 spiro atoms. The summed E-state index contributed by atoms with van der Waals surface area (Å²) in [5.74, 6) is 0.0262. The van der Waals surface area contributed by atoms with Gasteiger partial charge in [-0.2, -0.15) is 0 Å². The summed E-state index contributed by atoms with van der Waals surface area (Å²) in [7, 11) is 0. The van der Waals surface area contributed by atoms with Crippen LogP contribution in [0.5, 0.6) is 0 Å². The van der Waals surface area contributed by atoms with E-state index in [1.165, 1.54) is 0 Å². The fourth-order valence-electron chi connectivity index (χ4n) is 3.49. The molecular weight excluding hydrogens is 280 g/mol. The van der Waals surface area contributed by atoms with Crippen molar-refractivity contribution in [3.05, 3.63) is 35.9 Å². The minimum Gasteiger partial charge on any atom is -0.396 e. The number of aliphatic hydroxyl groups excluding tert-OH is 1. The highest BCUT2D eigenvalue weighted by Crippen LogP contribution is 2.30. The Morgan fingerprint density at radius 3 is 2.68 bits per heavy atom. The van der Waals surface area contributed by atoms with Crippen molar-refractivity contribution in [2.45, 2.75) is 31.8 Å². The van der Waals surface area contributed by atoms with E-state index in [0.717, 1.165) is 18.4 Å². The molecular formula is C17H22N2O3. The fraction of sp³-hybridized carbons (Fsp3) is 0.529. The number of rotatable bonds is 4. The molecule has 3 saturated heterocycles. The van der Waals surface area contributed by atoms with Crippen LogP contribution in [0.25, 0.3) is 0 Å². The van der Waals surface area contributed by atoms with Crippen molar-refractivity contribution in [1.82, 2.24) is 9.80 Å². The first kappa shape index (κ1) is 15.0.